The van der Waals surface area contributed by atoms with E-state index in [0.717, 1.165) is 57.2 Å². The molecule has 3 aromatic carbocycles. The Morgan fingerprint density at radius 1 is 0.857 bits per heavy atom. The van der Waals surface area contributed by atoms with Gasteiger partial charge in [-0.25, -0.2) is 13.1 Å². The van der Waals surface area contributed by atoms with Crippen LogP contribution in [0.5, 0.6) is 11.5 Å². The third kappa shape index (κ3) is 7.22. The Kier molecular flexibility index (Phi) is 9.98. The molecule has 2 N–H and O–H groups in total. The number of benzene rings is 3. The number of fused-ring (bicyclic) bond motifs is 1. The maximum absolute atomic E-state index is 12.9. The maximum Gasteiger partial charge on any atom is 0.240 e. The number of aldehydes is 1. The number of methoxy groups -OCH3 is 2. The molecule has 2 unspecified atom stereocenters. The second-order valence-corrected chi connectivity index (χ2v) is 13.4. The maximum atomic E-state index is 12.9. The van der Waals surface area contributed by atoms with Crippen molar-refractivity contribution in [2.75, 3.05) is 27.3 Å². The van der Waals surface area contributed by atoms with Crippen molar-refractivity contribution >= 4 is 16.3 Å². The van der Waals surface area contributed by atoms with Crippen LogP contribution in [-0.2, 0) is 22.9 Å². The third-order valence-corrected chi connectivity index (χ3v) is 10.5. The summed E-state index contributed by atoms with van der Waals surface area (Å²) in [6.07, 6.45) is 7.93. The number of carbonyl (C=O) groups excluding carboxylic acids is 1. The first-order chi connectivity index (χ1) is 20.4. The van der Waals surface area contributed by atoms with Gasteiger partial charge in [-0.15, -0.1) is 0 Å². The van der Waals surface area contributed by atoms with Crippen LogP contribution in [0.2, 0.25) is 0 Å². The molecule has 0 spiro atoms. The summed E-state index contributed by atoms with van der Waals surface area (Å²) in [7, 11) is -0.520. The second-order valence-electron chi connectivity index (χ2n) is 11.7. The monoisotopic (exact) mass is 590 g/mol. The average molecular weight is 591 g/mol. The average Bonchev–Trinajstić information content (AvgIpc) is 3.03. The summed E-state index contributed by atoms with van der Waals surface area (Å²) < 4.78 is 39.2. The molecule has 0 saturated heterocycles. The molecule has 0 bridgehead atoms. The van der Waals surface area contributed by atoms with Crippen LogP contribution >= 0.6 is 0 Å². The molecule has 224 valence electrons. The minimum Gasteiger partial charge on any atom is -0.497 e. The van der Waals surface area contributed by atoms with E-state index >= 15 is 0 Å². The van der Waals surface area contributed by atoms with Crippen molar-refractivity contribution in [2.24, 2.45) is 11.8 Å². The lowest BCUT2D eigenvalue weighted by atomic mass is 9.75. The van der Waals surface area contributed by atoms with Gasteiger partial charge in [-0.1, -0.05) is 36.4 Å². The van der Waals surface area contributed by atoms with Crippen molar-refractivity contribution in [3.8, 4) is 11.5 Å². The fourth-order valence-electron chi connectivity index (χ4n) is 6.62. The number of hydrogen-bond acceptors (Lipinski definition) is 6. The minimum absolute atomic E-state index is 0.0841. The smallest absolute Gasteiger partial charge is 0.240 e. The first-order valence-electron chi connectivity index (χ1n) is 15.0. The number of aryl methyl sites for hydroxylation is 1. The van der Waals surface area contributed by atoms with E-state index in [1.54, 1.807) is 7.11 Å². The van der Waals surface area contributed by atoms with Crippen LogP contribution in [0, 0.1) is 11.8 Å². The van der Waals surface area contributed by atoms with Crippen LogP contribution in [0.25, 0.3) is 0 Å². The summed E-state index contributed by atoms with van der Waals surface area (Å²) in [5, 5.41) is 3.96. The van der Waals surface area contributed by atoms with Gasteiger partial charge in [-0.05, 0) is 110 Å². The number of ether oxygens (including phenoxy) is 2. The van der Waals surface area contributed by atoms with Crippen LogP contribution < -0.4 is 19.5 Å². The molecule has 7 nitrogen and oxygen atoms in total. The molecule has 0 heterocycles. The fourth-order valence-corrected chi connectivity index (χ4v) is 7.77. The van der Waals surface area contributed by atoms with Gasteiger partial charge in [0.25, 0.3) is 0 Å². The molecular formula is C34H42N2O5S. The van der Waals surface area contributed by atoms with Crippen LogP contribution in [0.3, 0.4) is 0 Å². The predicted molar refractivity (Wildman–Crippen MR) is 165 cm³/mol. The molecule has 2 aliphatic carbocycles. The van der Waals surface area contributed by atoms with Crippen molar-refractivity contribution in [3.63, 3.8) is 0 Å². The molecule has 42 heavy (non-hydrogen) atoms. The molecule has 0 amide bonds. The zero-order chi connectivity index (χ0) is 29.5. The lowest BCUT2D eigenvalue weighted by molar-refractivity contribution is 0.112. The SMILES string of the molecule is COc1ccc2c(c1)CCC(NCC1CCC(CNS(=O)(=O)c3ccc(OC)c(C=O)c3)CC1)C2Cc1ccccc1. The molecule has 5 rings (SSSR count). The number of sulfonamides is 1. The van der Waals surface area contributed by atoms with E-state index in [1.807, 2.05) is 0 Å². The molecule has 1 fully saturated rings. The summed E-state index contributed by atoms with van der Waals surface area (Å²) in [4.78, 5) is 11.4. The van der Waals surface area contributed by atoms with Crippen LogP contribution in [0.4, 0.5) is 0 Å². The van der Waals surface area contributed by atoms with Gasteiger partial charge in [0.05, 0.1) is 24.7 Å². The summed E-state index contributed by atoms with van der Waals surface area (Å²) in [6, 6.07) is 22.1. The van der Waals surface area contributed by atoms with Crippen LogP contribution in [0.1, 0.15) is 65.1 Å². The summed E-state index contributed by atoms with van der Waals surface area (Å²) in [5.41, 5.74) is 4.41. The van der Waals surface area contributed by atoms with Gasteiger partial charge < -0.3 is 14.8 Å². The first-order valence-corrected chi connectivity index (χ1v) is 16.5. The zero-order valence-corrected chi connectivity index (χ0v) is 25.4. The van der Waals surface area contributed by atoms with Crippen molar-refractivity contribution in [3.05, 3.63) is 89.0 Å². The van der Waals surface area contributed by atoms with Gasteiger partial charge in [0.1, 0.15) is 11.5 Å². The third-order valence-electron chi connectivity index (χ3n) is 9.09. The fraction of sp³-hybridized carbons (Fsp3) is 0.441. The van der Waals surface area contributed by atoms with E-state index in [2.05, 4.69) is 58.6 Å². The Balaban J connectivity index is 1.15. The van der Waals surface area contributed by atoms with Gasteiger partial charge in [0.15, 0.2) is 6.29 Å². The Morgan fingerprint density at radius 2 is 1.60 bits per heavy atom. The predicted octanol–water partition coefficient (Wildman–Crippen LogP) is 5.53. The summed E-state index contributed by atoms with van der Waals surface area (Å²) in [5.74, 6) is 2.59. The quantitative estimate of drug-likeness (QED) is 0.270. The highest BCUT2D eigenvalue weighted by Gasteiger charge is 2.31. The lowest BCUT2D eigenvalue weighted by Crippen LogP contribution is -2.42. The molecule has 0 aliphatic heterocycles. The highest BCUT2D eigenvalue weighted by Crippen LogP contribution is 2.37. The van der Waals surface area contributed by atoms with Gasteiger partial charge >= 0.3 is 0 Å². The van der Waals surface area contributed by atoms with Crippen molar-refractivity contribution in [1.29, 1.82) is 0 Å². The van der Waals surface area contributed by atoms with E-state index in [9.17, 15) is 13.2 Å². The topological polar surface area (TPSA) is 93.7 Å². The molecule has 1 saturated carbocycles. The van der Waals surface area contributed by atoms with Crippen molar-refractivity contribution in [1.82, 2.24) is 10.0 Å². The Labute approximate surface area is 250 Å². The second kappa shape index (κ2) is 13.8. The van der Waals surface area contributed by atoms with Gasteiger partial charge in [0, 0.05) is 18.5 Å². The summed E-state index contributed by atoms with van der Waals surface area (Å²) >= 11 is 0. The van der Waals surface area contributed by atoms with Gasteiger partial charge in [-0.3, -0.25) is 4.79 Å². The Hall–Kier alpha value is -3.20. The van der Waals surface area contributed by atoms with E-state index in [1.165, 1.54) is 42.0 Å². The highest BCUT2D eigenvalue weighted by atomic mass is 32.2. The van der Waals surface area contributed by atoms with E-state index in [4.69, 9.17) is 9.47 Å². The first kappa shape index (κ1) is 30.3. The van der Waals surface area contributed by atoms with Crippen LogP contribution in [0.15, 0.2) is 71.6 Å². The number of rotatable bonds is 12. The number of nitrogens with one attached hydrogen (secondary N) is 2. The minimum atomic E-state index is -3.70. The van der Waals surface area contributed by atoms with E-state index in [0.29, 0.717) is 42.4 Å². The largest absolute Gasteiger partial charge is 0.497 e. The lowest BCUT2D eigenvalue weighted by Gasteiger charge is -2.37. The van der Waals surface area contributed by atoms with Gasteiger partial charge in [0.2, 0.25) is 10.0 Å². The molecule has 0 radical (unpaired) electrons. The number of carbonyl (C=O) groups is 1. The van der Waals surface area contributed by atoms with Crippen molar-refractivity contribution < 1.29 is 22.7 Å². The van der Waals surface area contributed by atoms with Gasteiger partial charge in [-0.2, -0.15) is 0 Å². The zero-order valence-electron chi connectivity index (χ0n) is 24.6. The number of hydrogen-bond donors (Lipinski definition) is 2. The molecular weight excluding hydrogens is 548 g/mol. The molecule has 2 aliphatic rings. The molecule has 0 aromatic heterocycles. The molecule has 8 heteroatoms. The van der Waals surface area contributed by atoms with E-state index < -0.39 is 10.0 Å². The molecule has 3 aromatic rings. The highest BCUT2D eigenvalue weighted by molar-refractivity contribution is 7.89. The van der Waals surface area contributed by atoms with Crippen LogP contribution in [-0.4, -0.2) is 48.1 Å². The summed E-state index contributed by atoms with van der Waals surface area (Å²) in [6.45, 7) is 1.40. The molecule has 2 atom stereocenters. The standard InChI is InChI=1S/C34H42N2O5S/c1-40-29-13-15-31-27(19-29)12-16-33(32(31)18-24-6-4-3-5-7-24)35-21-25-8-10-26(11-9-25)22-36-42(38,39)30-14-17-34(41-2)28(20-30)23-37/h3-7,13-15,17,19-20,23,25-26,32-33,35-36H,8-12,16,18,21-22H2,1-2H3. The Bertz CT molecular complexity index is 1450. The van der Waals surface area contributed by atoms with Crippen molar-refractivity contribution in [2.45, 2.75) is 61.8 Å². The normalized spacial score (nSPS) is 22.2. The Morgan fingerprint density at radius 3 is 2.29 bits per heavy atom. The van der Waals surface area contributed by atoms with E-state index in [-0.39, 0.29) is 10.5 Å².